The Balaban J connectivity index is 2.06. The number of aryl methyl sites for hydroxylation is 1. The number of pyridine rings is 2. The molecular formula is C14H12N4O2. The third-order valence-corrected chi connectivity index (χ3v) is 3.25. The van der Waals surface area contributed by atoms with E-state index in [4.69, 9.17) is 5.11 Å². The number of rotatable bonds is 3. The van der Waals surface area contributed by atoms with Gasteiger partial charge in [-0.3, -0.25) is 4.98 Å². The van der Waals surface area contributed by atoms with Gasteiger partial charge in [0.15, 0.2) is 5.65 Å². The van der Waals surface area contributed by atoms with E-state index in [1.165, 1.54) is 6.20 Å². The second kappa shape index (κ2) is 4.73. The molecule has 0 saturated carbocycles. The fourth-order valence-electron chi connectivity index (χ4n) is 2.14. The van der Waals surface area contributed by atoms with Crippen molar-refractivity contribution in [2.75, 3.05) is 0 Å². The first kappa shape index (κ1) is 12.3. The molecule has 0 saturated heterocycles. The number of hydrogen-bond acceptors (Lipinski definition) is 4. The van der Waals surface area contributed by atoms with Gasteiger partial charge in [0.2, 0.25) is 0 Å². The molecule has 0 aromatic carbocycles. The molecule has 0 aliphatic rings. The molecule has 1 N–H and O–H groups in total. The molecule has 3 aromatic rings. The highest BCUT2D eigenvalue weighted by atomic mass is 16.4. The summed E-state index contributed by atoms with van der Waals surface area (Å²) < 4.78 is 1.75. The molecule has 0 bridgehead atoms. The molecule has 0 fully saturated rings. The number of carboxylic acid groups (broad SMARTS) is 1. The van der Waals surface area contributed by atoms with Crippen LogP contribution in [0.2, 0.25) is 0 Å². The molecule has 6 nitrogen and oxygen atoms in total. The number of aromatic carboxylic acids is 1. The molecule has 3 rings (SSSR count). The van der Waals surface area contributed by atoms with Crippen LogP contribution in [0.25, 0.3) is 11.0 Å². The maximum absolute atomic E-state index is 11.1. The molecule has 0 atom stereocenters. The summed E-state index contributed by atoms with van der Waals surface area (Å²) >= 11 is 0. The zero-order chi connectivity index (χ0) is 14.1. The third kappa shape index (κ3) is 2.01. The first-order chi connectivity index (χ1) is 9.66. The van der Waals surface area contributed by atoms with Gasteiger partial charge < -0.3 is 5.11 Å². The first-order valence-electron chi connectivity index (χ1n) is 6.10. The van der Waals surface area contributed by atoms with E-state index in [1.54, 1.807) is 30.2 Å². The molecule has 3 heterocycles. The topological polar surface area (TPSA) is 80.9 Å². The summed E-state index contributed by atoms with van der Waals surface area (Å²) in [4.78, 5) is 19.3. The molecule has 6 heteroatoms. The average Bonchev–Trinajstić information content (AvgIpc) is 2.84. The van der Waals surface area contributed by atoms with E-state index in [-0.39, 0.29) is 5.56 Å². The van der Waals surface area contributed by atoms with Crippen molar-refractivity contribution in [1.82, 2.24) is 19.7 Å². The summed E-state index contributed by atoms with van der Waals surface area (Å²) in [5.41, 5.74) is 2.64. The van der Waals surface area contributed by atoms with E-state index in [2.05, 4.69) is 15.1 Å². The van der Waals surface area contributed by atoms with Crippen molar-refractivity contribution in [3.8, 4) is 0 Å². The Hall–Kier alpha value is -2.76. The predicted molar refractivity (Wildman–Crippen MR) is 72.6 cm³/mol. The molecule has 0 amide bonds. The lowest BCUT2D eigenvalue weighted by atomic mass is 10.1. The average molecular weight is 268 g/mol. The van der Waals surface area contributed by atoms with Gasteiger partial charge in [-0.25, -0.2) is 14.5 Å². The zero-order valence-corrected chi connectivity index (χ0v) is 10.8. The monoisotopic (exact) mass is 268 g/mol. The van der Waals surface area contributed by atoms with Gasteiger partial charge in [-0.15, -0.1) is 0 Å². The Kier molecular flexibility index (Phi) is 2.90. The largest absolute Gasteiger partial charge is 0.478 e. The van der Waals surface area contributed by atoms with E-state index >= 15 is 0 Å². The number of nitrogens with zero attached hydrogens (tertiary/aromatic N) is 4. The van der Waals surface area contributed by atoms with Crippen molar-refractivity contribution in [3.63, 3.8) is 0 Å². The van der Waals surface area contributed by atoms with Crippen LogP contribution in [0.5, 0.6) is 0 Å². The van der Waals surface area contributed by atoms with E-state index in [9.17, 15) is 4.79 Å². The molecule has 0 radical (unpaired) electrons. The normalized spacial score (nSPS) is 10.8. The summed E-state index contributed by atoms with van der Waals surface area (Å²) in [6, 6.07) is 3.82. The van der Waals surface area contributed by atoms with Crippen molar-refractivity contribution in [3.05, 3.63) is 53.6 Å². The van der Waals surface area contributed by atoms with Gasteiger partial charge in [-0.1, -0.05) is 0 Å². The van der Waals surface area contributed by atoms with E-state index in [0.717, 1.165) is 10.9 Å². The highest BCUT2D eigenvalue weighted by Gasteiger charge is 2.14. The zero-order valence-electron chi connectivity index (χ0n) is 10.8. The maximum atomic E-state index is 11.1. The molecule has 3 aromatic heterocycles. The maximum Gasteiger partial charge on any atom is 0.337 e. The number of aromatic nitrogens is 4. The minimum atomic E-state index is -0.973. The fraction of sp³-hybridized carbons (Fsp3) is 0.143. The van der Waals surface area contributed by atoms with Crippen molar-refractivity contribution < 1.29 is 9.90 Å². The summed E-state index contributed by atoms with van der Waals surface area (Å²) in [5, 5.41) is 14.1. The lowest BCUT2D eigenvalue weighted by Gasteiger charge is -2.05. The van der Waals surface area contributed by atoms with Crippen molar-refractivity contribution in [2.45, 2.75) is 13.5 Å². The van der Waals surface area contributed by atoms with Gasteiger partial charge in [0, 0.05) is 24.0 Å². The quantitative estimate of drug-likeness (QED) is 0.784. The summed E-state index contributed by atoms with van der Waals surface area (Å²) in [5.74, 6) is -0.973. The van der Waals surface area contributed by atoms with Crippen LogP contribution in [-0.2, 0) is 6.54 Å². The highest BCUT2D eigenvalue weighted by molar-refractivity contribution is 5.94. The third-order valence-electron chi connectivity index (χ3n) is 3.25. The van der Waals surface area contributed by atoms with Crippen LogP contribution < -0.4 is 0 Å². The molecule has 20 heavy (non-hydrogen) atoms. The summed E-state index contributed by atoms with van der Waals surface area (Å²) in [6.07, 6.45) is 6.49. The molecule has 0 aliphatic carbocycles. The van der Waals surface area contributed by atoms with Crippen LogP contribution in [-0.4, -0.2) is 30.8 Å². The van der Waals surface area contributed by atoms with Gasteiger partial charge in [0.1, 0.15) is 0 Å². The van der Waals surface area contributed by atoms with Crippen LogP contribution in [0.3, 0.4) is 0 Å². The molecular weight excluding hydrogens is 256 g/mol. The smallest absolute Gasteiger partial charge is 0.337 e. The fourth-order valence-corrected chi connectivity index (χ4v) is 2.14. The van der Waals surface area contributed by atoms with Crippen LogP contribution in [0.15, 0.2) is 36.9 Å². The number of hydrogen-bond donors (Lipinski definition) is 1. The minimum Gasteiger partial charge on any atom is -0.478 e. The Morgan fingerprint density at radius 3 is 2.75 bits per heavy atom. The standard InChI is InChI=1S/C14H12N4O2/c1-9-11-7-17-18(8-10-2-4-15-5-3-10)13(11)16-6-12(9)14(19)20/h2-7H,8H2,1H3,(H,19,20). The second-order valence-corrected chi connectivity index (χ2v) is 4.50. The first-order valence-corrected chi connectivity index (χ1v) is 6.10. The predicted octanol–water partition coefficient (Wildman–Crippen LogP) is 1.88. The number of fused-ring (bicyclic) bond motifs is 1. The molecule has 100 valence electrons. The summed E-state index contributed by atoms with van der Waals surface area (Å²) in [6.45, 7) is 2.34. The van der Waals surface area contributed by atoms with Gasteiger partial charge in [-0.05, 0) is 30.2 Å². The van der Waals surface area contributed by atoms with Crippen molar-refractivity contribution >= 4 is 17.0 Å². The van der Waals surface area contributed by atoms with Crippen LogP contribution >= 0.6 is 0 Å². The van der Waals surface area contributed by atoms with E-state index in [1.807, 2.05) is 12.1 Å². The van der Waals surface area contributed by atoms with Gasteiger partial charge >= 0.3 is 5.97 Å². The van der Waals surface area contributed by atoms with Crippen LogP contribution in [0.1, 0.15) is 21.5 Å². The molecule has 0 unspecified atom stereocenters. The molecule has 0 spiro atoms. The van der Waals surface area contributed by atoms with E-state index in [0.29, 0.717) is 17.8 Å². The van der Waals surface area contributed by atoms with Crippen molar-refractivity contribution in [2.24, 2.45) is 0 Å². The van der Waals surface area contributed by atoms with Crippen LogP contribution in [0, 0.1) is 6.92 Å². The Morgan fingerprint density at radius 2 is 2.05 bits per heavy atom. The number of carbonyl (C=O) groups is 1. The van der Waals surface area contributed by atoms with Crippen molar-refractivity contribution in [1.29, 1.82) is 0 Å². The van der Waals surface area contributed by atoms with Gasteiger partial charge in [0.05, 0.1) is 18.3 Å². The van der Waals surface area contributed by atoms with Crippen LogP contribution in [0.4, 0.5) is 0 Å². The van der Waals surface area contributed by atoms with E-state index < -0.39 is 5.97 Å². The Bertz CT molecular complexity index is 780. The Morgan fingerprint density at radius 1 is 1.30 bits per heavy atom. The summed E-state index contributed by atoms with van der Waals surface area (Å²) in [7, 11) is 0. The SMILES string of the molecule is Cc1c(C(=O)O)cnc2c1cnn2Cc1ccncc1. The lowest BCUT2D eigenvalue weighted by Crippen LogP contribution is -2.05. The Labute approximate surface area is 114 Å². The van der Waals surface area contributed by atoms with Gasteiger partial charge in [0.25, 0.3) is 0 Å². The number of carboxylic acids is 1. The minimum absolute atomic E-state index is 0.209. The van der Waals surface area contributed by atoms with Gasteiger partial charge in [-0.2, -0.15) is 5.10 Å². The second-order valence-electron chi connectivity index (χ2n) is 4.50. The molecule has 0 aliphatic heterocycles. The lowest BCUT2D eigenvalue weighted by molar-refractivity contribution is 0.0696. The highest BCUT2D eigenvalue weighted by Crippen LogP contribution is 2.20.